The highest BCUT2D eigenvalue weighted by atomic mass is 32.2. The predicted octanol–water partition coefficient (Wildman–Crippen LogP) is 2.37. The molecule has 0 aliphatic heterocycles. The molecular weight excluding hydrogens is 240 g/mol. The van der Waals surface area contributed by atoms with Gasteiger partial charge in [0.1, 0.15) is 11.3 Å². The molecule has 0 bridgehead atoms. The van der Waals surface area contributed by atoms with Crippen LogP contribution in [-0.2, 0) is 5.75 Å². The molecule has 2 heterocycles. The Morgan fingerprint density at radius 2 is 2.18 bits per heavy atom. The Morgan fingerprint density at radius 3 is 2.82 bits per heavy atom. The summed E-state index contributed by atoms with van der Waals surface area (Å²) < 4.78 is 5.11. The zero-order valence-electron chi connectivity index (χ0n) is 9.08. The Morgan fingerprint density at radius 1 is 1.47 bits per heavy atom. The van der Waals surface area contributed by atoms with E-state index in [0.29, 0.717) is 16.7 Å². The number of carboxylic acid groups (broad SMARTS) is 1. The van der Waals surface area contributed by atoms with E-state index in [0.717, 1.165) is 5.56 Å². The summed E-state index contributed by atoms with van der Waals surface area (Å²) in [5.74, 6) is -0.164. The van der Waals surface area contributed by atoms with E-state index >= 15 is 0 Å². The van der Waals surface area contributed by atoms with Crippen molar-refractivity contribution in [2.45, 2.75) is 17.8 Å². The number of rotatable bonds is 4. The van der Waals surface area contributed by atoms with E-state index in [2.05, 4.69) is 9.97 Å². The molecule has 2 rings (SSSR count). The number of hydrogen-bond donors (Lipinski definition) is 1. The van der Waals surface area contributed by atoms with Crippen LogP contribution in [0.4, 0.5) is 0 Å². The maximum Gasteiger partial charge on any atom is 0.339 e. The van der Waals surface area contributed by atoms with E-state index in [1.54, 1.807) is 12.4 Å². The average molecular weight is 250 g/mol. The number of carbonyl (C=O) groups is 1. The highest BCUT2D eigenvalue weighted by molar-refractivity contribution is 7.98. The van der Waals surface area contributed by atoms with Crippen LogP contribution in [0, 0.1) is 6.92 Å². The van der Waals surface area contributed by atoms with E-state index in [-0.39, 0.29) is 5.56 Å². The number of aromatic carboxylic acids is 1. The van der Waals surface area contributed by atoms with Gasteiger partial charge >= 0.3 is 5.97 Å². The van der Waals surface area contributed by atoms with Crippen LogP contribution in [0.15, 0.2) is 34.3 Å². The molecular formula is C11H10N2O3S. The number of hydrogen-bond acceptors (Lipinski definition) is 5. The van der Waals surface area contributed by atoms with Gasteiger partial charge in [-0.15, -0.1) is 0 Å². The molecule has 0 aliphatic rings. The van der Waals surface area contributed by atoms with Crippen LogP contribution in [0.25, 0.3) is 0 Å². The quantitative estimate of drug-likeness (QED) is 0.663. The molecule has 0 saturated carbocycles. The fourth-order valence-electron chi connectivity index (χ4n) is 1.23. The topological polar surface area (TPSA) is 76.2 Å². The van der Waals surface area contributed by atoms with Gasteiger partial charge in [-0.1, -0.05) is 11.8 Å². The molecule has 2 aromatic heterocycles. The molecule has 0 radical (unpaired) electrons. The molecule has 0 unspecified atom stereocenters. The smallest absolute Gasteiger partial charge is 0.339 e. The van der Waals surface area contributed by atoms with Gasteiger partial charge in [-0.25, -0.2) is 14.8 Å². The summed E-state index contributed by atoms with van der Waals surface area (Å²) in [6.07, 6.45) is 4.81. The number of thioether (sulfide) groups is 1. The van der Waals surface area contributed by atoms with Crippen LogP contribution in [0.3, 0.4) is 0 Å². The third-order valence-electron chi connectivity index (χ3n) is 2.07. The van der Waals surface area contributed by atoms with Gasteiger partial charge in [0.2, 0.25) is 0 Å². The Balaban J connectivity index is 2.05. The lowest BCUT2D eigenvalue weighted by molar-refractivity contribution is 0.0695. The predicted molar refractivity (Wildman–Crippen MR) is 62.0 cm³/mol. The van der Waals surface area contributed by atoms with E-state index in [1.807, 2.05) is 6.92 Å². The van der Waals surface area contributed by atoms with Crippen LogP contribution < -0.4 is 0 Å². The highest BCUT2D eigenvalue weighted by Crippen LogP contribution is 2.22. The van der Waals surface area contributed by atoms with Gasteiger partial charge < -0.3 is 9.52 Å². The second kappa shape index (κ2) is 5.01. The summed E-state index contributed by atoms with van der Waals surface area (Å²) in [5.41, 5.74) is 1.17. The number of nitrogens with zero attached hydrogens (tertiary/aromatic N) is 2. The summed E-state index contributed by atoms with van der Waals surface area (Å²) in [6, 6.07) is 1.44. The van der Waals surface area contributed by atoms with E-state index < -0.39 is 5.97 Å². The standard InChI is InChI=1S/C11H10N2O3S/c1-7-4-12-11(13-5-7)17-6-9-8(10(14)15)2-3-16-9/h2-5H,6H2,1H3,(H,14,15). The Bertz CT molecular complexity index is 522. The monoisotopic (exact) mass is 250 g/mol. The van der Waals surface area contributed by atoms with Crippen molar-refractivity contribution < 1.29 is 14.3 Å². The summed E-state index contributed by atoms with van der Waals surface area (Å²) in [5, 5.41) is 9.49. The van der Waals surface area contributed by atoms with Crippen molar-refractivity contribution in [1.82, 2.24) is 9.97 Å². The van der Waals surface area contributed by atoms with Crippen molar-refractivity contribution in [2.75, 3.05) is 0 Å². The van der Waals surface area contributed by atoms with Crippen molar-refractivity contribution in [3.8, 4) is 0 Å². The molecule has 17 heavy (non-hydrogen) atoms. The molecule has 5 nitrogen and oxygen atoms in total. The minimum atomic E-state index is -0.987. The van der Waals surface area contributed by atoms with Crippen LogP contribution >= 0.6 is 11.8 Å². The number of furan rings is 1. The fourth-order valence-corrected chi connectivity index (χ4v) is 1.97. The van der Waals surface area contributed by atoms with Gasteiger partial charge in [-0.05, 0) is 18.6 Å². The number of carboxylic acids is 1. The van der Waals surface area contributed by atoms with Crippen LogP contribution in [0.2, 0.25) is 0 Å². The maximum absolute atomic E-state index is 10.8. The molecule has 0 aromatic carbocycles. The summed E-state index contributed by atoms with van der Waals surface area (Å²) >= 11 is 1.34. The summed E-state index contributed by atoms with van der Waals surface area (Å²) in [4.78, 5) is 19.1. The normalized spacial score (nSPS) is 10.4. The minimum absolute atomic E-state index is 0.185. The van der Waals surface area contributed by atoms with Crippen molar-refractivity contribution in [1.29, 1.82) is 0 Å². The Kier molecular flexibility index (Phi) is 3.43. The first-order valence-corrected chi connectivity index (χ1v) is 5.86. The zero-order chi connectivity index (χ0) is 12.3. The Hall–Kier alpha value is -1.82. The zero-order valence-corrected chi connectivity index (χ0v) is 9.90. The van der Waals surface area contributed by atoms with Crippen LogP contribution in [0.5, 0.6) is 0 Å². The molecule has 0 amide bonds. The minimum Gasteiger partial charge on any atom is -0.478 e. The van der Waals surface area contributed by atoms with E-state index in [4.69, 9.17) is 9.52 Å². The summed E-state index contributed by atoms with van der Waals surface area (Å²) in [6.45, 7) is 1.91. The van der Waals surface area contributed by atoms with Gasteiger partial charge in [0.05, 0.1) is 12.0 Å². The molecule has 0 saturated heterocycles. The molecule has 0 fully saturated rings. The third-order valence-corrected chi connectivity index (χ3v) is 2.94. The van der Waals surface area contributed by atoms with Gasteiger partial charge in [0.25, 0.3) is 0 Å². The number of aromatic nitrogens is 2. The van der Waals surface area contributed by atoms with Crippen LogP contribution in [0.1, 0.15) is 21.7 Å². The first-order valence-electron chi connectivity index (χ1n) is 4.88. The van der Waals surface area contributed by atoms with Gasteiger partial charge in [-0.3, -0.25) is 0 Å². The van der Waals surface area contributed by atoms with Gasteiger partial charge in [0.15, 0.2) is 5.16 Å². The second-order valence-electron chi connectivity index (χ2n) is 3.39. The average Bonchev–Trinajstić information content (AvgIpc) is 2.76. The molecule has 0 spiro atoms. The molecule has 1 N–H and O–H groups in total. The highest BCUT2D eigenvalue weighted by Gasteiger charge is 2.13. The molecule has 0 atom stereocenters. The fraction of sp³-hybridized carbons (Fsp3) is 0.182. The van der Waals surface area contributed by atoms with Gasteiger partial charge in [0, 0.05) is 12.4 Å². The first kappa shape index (κ1) is 11.7. The number of aryl methyl sites for hydroxylation is 1. The Labute approximate surface area is 102 Å². The van der Waals surface area contributed by atoms with E-state index in [9.17, 15) is 4.79 Å². The molecule has 0 aliphatic carbocycles. The van der Waals surface area contributed by atoms with Crippen molar-refractivity contribution in [2.24, 2.45) is 0 Å². The molecule has 88 valence electrons. The summed E-state index contributed by atoms with van der Waals surface area (Å²) in [7, 11) is 0. The molecule has 6 heteroatoms. The van der Waals surface area contributed by atoms with Crippen molar-refractivity contribution in [3.05, 3.63) is 41.6 Å². The lowest BCUT2D eigenvalue weighted by Crippen LogP contribution is -1.98. The van der Waals surface area contributed by atoms with Gasteiger partial charge in [-0.2, -0.15) is 0 Å². The molecule has 2 aromatic rings. The van der Waals surface area contributed by atoms with E-state index in [1.165, 1.54) is 24.1 Å². The SMILES string of the molecule is Cc1cnc(SCc2occc2C(=O)O)nc1. The lowest BCUT2D eigenvalue weighted by Gasteiger charge is -1.99. The van der Waals surface area contributed by atoms with Crippen molar-refractivity contribution >= 4 is 17.7 Å². The maximum atomic E-state index is 10.8. The lowest BCUT2D eigenvalue weighted by atomic mass is 10.3. The third kappa shape index (κ3) is 2.85. The van der Waals surface area contributed by atoms with Crippen LogP contribution in [-0.4, -0.2) is 21.0 Å². The largest absolute Gasteiger partial charge is 0.478 e. The van der Waals surface area contributed by atoms with Crippen molar-refractivity contribution in [3.63, 3.8) is 0 Å². The second-order valence-corrected chi connectivity index (χ2v) is 4.34. The first-order chi connectivity index (χ1) is 8.16.